The monoisotopic (exact) mass is 311 g/mol. The van der Waals surface area contributed by atoms with Crippen molar-refractivity contribution in [3.05, 3.63) is 0 Å². The molecular weight excluding hydrogens is 276 g/mol. The van der Waals surface area contributed by atoms with Crippen LogP contribution in [-0.4, -0.2) is 107 Å². The van der Waals surface area contributed by atoms with Gasteiger partial charge in [-0.1, -0.05) is 0 Å². The molecule has 6 heteroatoms. The average molecular weight is 311 g/mol. The third-order valence-electron chi connectivity index (χ3n) is 5.28. The zero-order valence-corrected chi connectivity index (χ0v) is 14.9. The quantitative estimate of drug-likeness (QED) is 0.636. The van der Waals surface area contributed by atoms with Gasteiger partial charge in [-0.25, -0.2) is 5.32 Å². The fourth-order valence-electron chi connectivity index (χ4n) is 3.78. The van der Waals surface area contributed by atoms with Gasteiger partial charge in [0.1, 0.15) is 5.66 Å². The number of nitrogens with zero attached hydrogens (tertiary/aromatic N) is 4. The van der Waals surface area contributed by atoms with Crippen molar-refractivity contribution in [1.29, 1.82) is 0 Å². The molecule has 0 aromatic heterocycles. The van der Waals surface area contributed by atoms with Gasteiger partial charge in [-0.05, 0) is 54.1 Å². The lowest BCUT2D eigenvalue weighted by molar-refractivity contribution is -0.0490. The van der Waals surface area contributed by atoms with Crippen molar-refractivity contribution in [2.45, 2.75) is 24.5 Å². The summed E-state index contributed by atoms with van der Waals surface area (Å²) in [6.45, 7) is 8.67. The molecule has 0 bridgehead atoms. The normalized spacial score (nSPS) is 32.5. The highest BCUT2D eigenvalue weighted by molar-refractivity contribution is 4.97. The van der Waals surface area contributed by atoms with E-state index in [1.165, 1.54) is 6.42 Å². The van der Waals surface area contributed by atoms with E-state index in [4.69, 9.17) is 5.32 Å². The Morgan fingerprint density at radius 2 is 1.86 bits per heavy atom. The molecule has 0 amide bonds. The Morgan fingerprint density at radius 1 is 1.09 bits per heavy atom. The first-order chi connectivity index (χ1) is 10.6. The minimum Gasteiger partial charge on any atom is -0.320 e. The largest absolute Gasteiger partial charge is 0.320 e. The Kier molecular flexibility index (Phi) is 7.05. The van der Waals surface area contributed by atoms with E-state index >= 15 is 0 Å². The molecule has 2 rings (SSSR count). The smallest absolute Gasteiger partial charge is 0.101 e. The minimum absolute atomic E-state index is 0.00909. The predicted octanol–water partition coefficient (Wildman–Crippen LogP) is -0.932. The zero-order valence-electron chi connectivity index (χ0n) is 14.9. The van der Waals surface area contributed by atoms with Gasteiger partial charge in [0.2, 0.25) is 0 Å². The molecule has 2 aliphatic heterocycles. The van der Waals surface area contributed by atoms with Crippen LogP contribution >= 0.6 is 0 Å². The Morgan fingerprint density at radius 3 is 2.55 bits per heavy atom. The van der Waals surface area contributed by atoms with Gasteiger partial charge in [-0.3, -0.25) is 4.90 Å². The van der Waals surface area contributed by atoms with Crippen LogP contribution < -0.4 is 16.0 Å². The molecule has 0 spiro atoms. The molecule has 0 aromatic rings. The molecule has 2 N–H and O–H groups in total. The van der Waals surface area contributed by atoms with Crippen LogP contribution in [0.1, 0.15) is 12.8 Å². The highest BCUT2D eigenvalue weighted by Gasteiger charge is 2.42. The van der Waals surface area contributed by atoms with Crippen molar-refractivity contribution in [2.75, 3.05) is 80.5 Å². The van der Waals surface area contributed by atoms with Gasteiger partial charge in [-0.15, -0.1) is 0 Å². The zero-order chi connectivity index (χ0) is 16.0. The van der Waals surface area contributed by atoms with Crippen molar-refractivity contribution < 1.29 is 0 Å². The summed E-state index contributed by atoms with van der Waals surface area (Å²) in [5, 5.41) is 11.7. The SMILES string of the molecule is CNCCC1CN(C2(CCNC)CN(C)CC[N]2)CCN1C. The lowest BCUT2D eigenvalue weighted by Gasteiger charge is -2.52. The second-order valence-corrected chi connectivity index (χ2v) is 6.93. The van der Waals surface area contributed by atoms with Crippen LogP contribution in [0.15, 0.2) is 0 Å². The van der Waals surface area contributed by atoms with Crippen LogP contribution in [0.3, 0.4) is 0 Å². The van der Waals surface area contributed by atoms with Crippen molar-refractivity contribution in [3.63, 3.8) is 0 Å². The number of nitrogens with one attached hydrogen (secondary N) is 2. The Hall–Kier alpha value is -0.240. The van der Waals surface area contributed by atoms with E-state index in [0.29, 0.717) is 6.04 Å². The van der Waals surface area contributed by atoms with Crippen LogP contribution in [0.5, 0.6) is 0 Å². The van der Waals surface area contributed by atoms with Gasteiger partial charge >= 0.3 is 0 Å². The summed E-state index contributed by atoms with van der Waals surface area (Å²) >= 11 is 0. The van der Waals surface area contributed by atoms with E-state index < -0.39 is 0 Å². The molecule has 1 radical (unpaired) electrons. The molecule has 0 saturated carbocycles. The maximum absolute atomic E-state index is 5.12. The number of likely N-dealkylation sites (N-methyl/N-ethyl adjacent to an activating group) is 2. The van der Waals surface area contributed by atoms with E-state index in [0.717, 1.165) is 58.8 Å². The molecule has 0 aliphatic carbocycles. The Bertz CT molecular complexity index is 326. The first-order valence-corrected chi connectivity index (χ1v) is 8.73. The summed E-state index contributed by atoms with van der Waals surface area (Å²) in [5.74, 6) is 0. The van der Waals surface area contributed by atoms with E-state index in [-0.39, 0.29) is 5.66 Å². The van der Waals surface area contributed by atoms with E-state index in [2.05, 4.69) is 39.4 Å². The van der Waals surface area contributed by atoms with Crippen LogP contribution in [0, 0.1) is 0 Å². The highest BCUT2D eigenvalue weighted by Crippen LogP contribution is 2.26. The summed E-state index contributed by atoms with van der Waals surface area (Å²) in [5.41, 5.74) is 0.00909. The highest BCUT2D eigenvalue weighted by atomic mass is 15.4. The van der Waals surface area contributed by atoms with Gasteiger partial charge in [-0.2, -0.15) is 0 Å². The van der Waals surface area contributed by atoms with Gasteiger partial charge in [0.15, 0.2) is 0 Å². The van der Waals surface area contributed by atoms with Crippen molar-refractivity contribution in [1.82, 2.24) is 30.7 Å². The maximum atomic E-state index is 5.12. The van der Waals surface area contributed by atoms with Crippen molar-refractivity contribution >= 4 is 0 Å². The second-order valence-electron chi connectivity index (χ2n) is 6.93. The number of piperazine rings is 2. The van der Waals surface area contributed by atoms with Crippen LogP contribution in [-0.2, 0) is 0 Å². The van der Waals surface area contributed by atoms with Gasteiger partial charge in [0.05, 0.1) is 0 Å². The maximum Gasteiger partial charge on any atom is 0.101 e. The molecule has 22 heavy (non-hydrogen) atoms. The molecule has 0 aromatic carbocycles. The van der Waals surface area contributed by atoms with Crippen molar-refractivity contribution in [3.8, 4) is 0 Å². The number of rotatable bonds is 7. The summed E-state index contributed by atoms with van der Waals surface area (Å²) < 4.78 is 0. The standard InChI is InChI=1S/C16H35N6/c1-17-7-5-15-13-22(12-11-21(15)4)16(6-8-18-2)14-20(3)10-9-19-16/h15,17-18H,5-14H2,1-4H3. The summed E-state index contributed by atoms with van der Waals surface area (Å²) in [4.78, 5) is 7.63. The van der Waals surface area contributed by atoms with E-state index in [1.54, 1.807) is 0 Å². The van der Waals surface area contributed by atoms with Gasteiger partial charge < -0.3 is 20.4 Å². The first kappa shape index (κ1) is 18.1. The lowest BCUT2D eigenvalue weighted by Crippen LogP contribution is -2.70. The Balaban J connectivity index is 2.05. The second kappa shape index (κ2) is 8.57. The lowest BCUT2D eigenvalue weighted by atomic mass is 9.96. The minimum atomic E-state index is 0.00909. The molecular formula is C16H35N6. The van der Waals surface area contributed by atoms with Crippen LogP contribution in [0.2, 0.25) is 0 Å². The molecule has 2 atom stereocenters. The van der Waals surface area contributed by atoms with Crippen LogP contribution in [0.4, 0.5) is 0 Å². The van der Waals surface area contributed by atoms with Crippen LogP contribution in [0.25, 0.3) is 0 Å². The molecule has 129 valence electrons. The number of hydrogen-bond donors (Lipinski definition) is 2. The molecule has 2 heterocycles. The molecule has 2 unspecified atom stereocenters. The first-order valence-electron chi connectivity index (χ1n) is 8.73. The van der Waals surface area contributed by atoms with Crippen molar-refractivity contribution in [2.24, 2.45) is 0 Å². The third kappa shape index (κ3) is 4.40. The fourth-order valence-corrected chi connectivity index (χ4v) is 3.78. The molecule has 2 saturated heterocycles. The fraction of sp³-hybridized carbons (Fsp3) is 1.00. The van der Waals surface area contributed by atoms with E-state index in [1.807, 2.05) is 14.1 Å². The Labute approximate surface area is 136 Å². The number of hydrogen-bond acceptors (Lipinski definition) is 5. The molecule has 2 aliphatic rings. The average Bonchev–Trinajstić information content (AvgIpc) is 2.52. The topological polar surface area (TPSA) is 47.9 Å². The third-order valence-corrected chi connectivity index (χ3v) is 5.28. The summed E-state index contributed by atoms with van der Waals surface area (Å²) in [6, 6.07) is 0.634. The summed E-state index contributed by atoms with van der Waals surface area (Å²) in [7, 11) is 8.58. The molecule has 6 nitrogen and oxygen atoms in total. The van der Waals surface area contributed by atoms with Gasteiger partial charge in [0, 0.05) is 45.3 Å². The molecule has 2 fully saturated rings. The summed E-state index contributed by atoms with van der Waals surface area (Å²) in [6.07, 6.45) is 2.32. The predicted molar refractivity (Wildman–Crippen MR) is 92.3 cm³/mol. The van der Waals surface area contributed by atoms with E-state index in [9.17, 15) is 0 Å². The van der Waals surface area contributed by atoms with Gasteiger partial charge in [0.25, 0.3) is 0 Å².